The van der Waals surface area contributed by atoms with E-state index in [0.717, 1.165) is 6.42 Å². The lowest BCUT2D eigenvalue weighted by Gasteiger charge is -2.35. The fraction of sp³-hybridized carbons (Fsp3) is 0.514. The lowest BCUT2D eigenvalue weighted by molar-refractivity contribution is -0.00835. The minimum absolute atomic E-state index is 0.0105. The number of sulfonamides is 1. The van der Waals surface area contributed by atoms with Crippen LogP contribution in [0.15, 0.2) is 51.9 Å². The molecule has 0 saturated carbocycles. The zero-order chi connectivity index (χ0) is 36.6. The predicted molar refractivity (Wildman–Crippen MR) is 188 cm³/mol. The zero-order valence-electron chi connectivity index (χ0n) is 29.8. The van der Waals surface area contributed by atoms with Gasteiger partial charge in [0.15, 0.2) is 5.76 Å². The minimum atomic E-state index is -3.96. The van der Waals surface area contributed by atoms with Crippen LogP contribution in [0.25, 0.3) is 0 Å². The molecule has 0 aliphatic carbocycles. The van der Waals surface area contributed by atoms with Gasteiger partial charge in [-0.25, -0.2) is 13.2 Å². The number of methoxy groups -OCH3 is 1. The van der Waals surface area contributed by atoms with Crippen molar-refractivity contribution >= 4 is 33.3 Å². The van der Waals surface area contributed by atoms with E-state index in [1.165, 1.54) is 16.3 Å². The molecule has 14 nitrogen and oxygen atoms in total. The van der Waals surface area contributed by atoms with E-state index in [0.29, 0.717) is 42.3 Å². The van der Waals surface area contributed by atoms with Crippen LogP contribution in [0.3, 0.4) is 0 Å². The van der Waals surface area contributed by atoms with Gasteiger partial charge in [-0.1, -0.05) is 12.1 Å². The summed E-state index contributed by atoms with van der Waals surface area (Å²) in [5.41, 5.74) is 1.38. The molecular weight excluding hydrogens is 666 g/mol. The molecule has 3 N–H and O–H groups in total. The molecule has 4 rings (SSSR count). The van der Waals surface area contributed by atoms with Gasteiger partial charge in [0.2, 0.25) is 10.0 Å². The van der Waals surface area contributed by atoms with Gasteiger partial charge in [-0.05, 0) is 89.4 Å². The Bertz CT molecular complexity index is 1690. The quantitative estimate of drug-likeness (QED) is 0.272. The number of aliphatic hydroxyl groups excluding tert-OH is 1. The number of carbonyl (C=O) groups is 2. The highest BCUT2D eigenvalue weighted by molar-refractivity contribution is 7.89. The van der Waals surface area contributed by atoms with Gasteiger partial charge in [0.25, 0.3) is 5.91 Å². The summed E-state index contributed by atoms with van der Waals surface area (Å²) < 4.78 is 51.3. The Morgan fingerprint density at radius 3 is 2.44 bits per heavy atom. The number of fused-ring (bicyclic) bond motifs is 1. The van der Waals surface area contributed by atoms with Crippen LogP contribution in [0, 0.1) is 19.8 Å². The lowest BCUT2D eigenvalue weighted by atomic mass is 10.0. The first-order valence-electron chi connectivity index (χ1n) is 16.7. The van der Waals surface area contributed by atoms with Crippen LogP contribution in [0.5, 0.6) is 11.5 Å². The van der Waals surface area contributed by atoms with E-state index in [9.17, 15) is 23.1 Å². The number of aliphatic hydroxyl groups is 1. The average molecular weight is 716 g/mol. The summed E-state index contributed by atoms with van der Waals surface area (Å²) >= 11 is 0. The number of nitrogens with one attached hydrogen (secondary N) is 2. The normalized spacial score (nSPS) is 20.0. The van der Waals surface area contributed by atoms with E-state index in [1.54, 1.807) is 70.3 Å². The topological polar surface area (TPSA) is 173 Å². The number of anilines is 2. The Balaban J connectivity index is 1.62. The third-order valence-electron chi connectivity index (χ3n) is 8.73. The Morgan fingerprint density at radius 1 is 1.12 bits per heavy atom. The summed E-state index contributed by atoms with van der Waals surface area (Å²) in [5.74, 6) is 0.412. The molecule has 50 heavy (non-hydrogen) atoms. The highest BCUT2D eigenvalue weighted by Crippen LogP contribution is 2.29. The molecule has 1 aliphatic heterocycles. The van der Waals surface area contributed by atoms with Crippen molar-refractivity contribution in [2.45, 2.75) is 77.0 Å². The first-order chi connectivity index (χ1) is 23.7. The van der Waals surface area contributed by atoms with E-state index in [4.69, 9.17) is 18.7 Å². The second-order valence-electron chi connectivity index (χ2n) is 12.8. The number of benzene rings is 2. The van der Waals surface area contributed by atoms with Crippen molar-refractivity contribution in [3.63, 3.8) is 0 Å². The molecule has 15 heteroatoms. The first-order valence-corrected chi connectivity index (χ1v) is 18.1. The molecule has 0 spiro atoms. The molecule has 274 valence electrons. The van der Waals surface area contributed by atoms with Crippen molar-refractivity contribution in [2.24, 2.45) is 5.92 Å². The van der Waals surface area contributed by atoms with Gasteiger partial charge >= 0.3 is 6.03 Å². The van der Waals surface area contributed by atoms with E-state index in [-0.39, 0.29) is 53.6 Å². The molecule has 2 heterocycles. The number of aromatic nitrogens is 1. The number of likely N-dealkylation sites (N-methyl/N-ethyl adjacent to an activating group) is 1. The number of ether oxygens (including phenoxy) is 3. The first kappa shape index (κ1) is 38.6. The van der Waals surface area contributed by atoms with E-state index >= 15 is 0 Å². The van der Waals surface area contributed by atoms with Gasteiger partial charge in [0.1, 0.15) is 22.1 Å². The number of amides is 3. The molecule has 0 radical (unpaired) electrons. The SMILES string of the molecule is COc1ccc(NC(=O)Nc2ccc3c(c2)C(=O)N([C@@H](C)CO)C[C@@H](C)[C@H](CN(C)S(=O)(=O)c2c(C)noc2C)OCCCC[C@H](C)O3)cc1. The monoisotopic (exact) mass is 715 g/mol. The molecular formula is C35H49N5O9S. The third kappa shape index (κ3) is 9.53. The summed E-state index contributed by atoms with van der Waals surface area (Å²) in [7, 11) is -0.917. The Hall–Kier alpha value is -4.18. The maximum absolute atomic E-state index is 14.4. The lowest BCUT2D eigenvalue weighted by Crippen LogP contribution is -2.48. The third-order valence-corrected chi connectivity index (χ3v) is 10.8. The fourth-order valence-corrected chi connectivity index (χ4v) is 7.25. The van der Waals surface area contributed by atoms with Crippen LogP contribution in [0.4, 0.5) is 16.2 Å². The Labute approximate surface area is 294 Å². The van der Waals surface area contributed by atoms with E-state index in [1.807, 2.05) is 13.8 Å². The number of hydrogen-bond acceptors (Lipinski definition) is 10. The summed E-state index contributed by atoms with van der Waals surface area (Å²) in [6.07, 6.45) is 1.33. The van der Waals surface area contributed by atoms with Crippen LogP contribution >= 0.6 is 0 Å². The Kier molecular flexibility index (Phi) is 13.3. The molecule has 2 aromatic carbocycles. The largest absolute Gasteiger partial charge is 0.497 e. The summed E-state index contributed by atoms with van der Waals surface area (Å²) in [6.45, 7) is 8.87. The van der Waals surface area contributed by atoms with Crippen molar-refractivity contribution in [3.8, 4) is 11.5 Å². The number of hydrogen-bond donors (Lipinski definition) is 3. The number of aryl methyl sites for hydroxylation is 2. The van der Waals surface area contributed by atoms with Crippen molar-refractivity contribution in [1.29, 1.82) is 0 Å². The molecule has 3 amide bonds. The van der Waals surface area contributed by atoms with Crippen LogP contribution in [0.2, 0.25) is 0 Å². The van der Waals surface area contributed by atoms with E-state index < -0.39 is 34.1 Å². The standard InChI is InChI=1S/C35H49N5O9S/c1-22-19-40(23(2)21-41)34(42)30-18-28(37-35(43)36-27-11-14-29(46-7)15-12-27)13-16-31(30)48-24(3)10-8-9-17-47-32(22)20-39(6)50(44,45)33-25(4)38-49-26(33)5/h11-16,18,22-24,32,41H,8-10,17,19-21H2,1-7H3,(H2,36,37,43)/t22-,23+,24+,32+/m1/s1. The highest BCUT2D eigenvalue weighted by atomic mass is 32.2. The molecule has 0 saturated heterocycles. The van der Waals surface area contributed by atoms with Crippen molar-refractivity contribution in [3.05, 3.63) is 59.5 Å². The molecule has 3 aromatic rings. The maximum atomic E-state index is 14.4. The van der Waals surface area contributed by atoms with Gasteiger partial charge < -0.3 is 39.4 Å². The smallest absolute Gasteiger partial charge is 0.323 e. The maximum Gasteiger partial charge on any atom is 0.323 e. The van der Waals surface area contributed by atoms with Crippen LogP contribution in [-0.2, 0) is 14.8 Å². The van der Waals surface area contributed by atoms with Crippen molar-refractivity contribution < 1.29 is 41.8 Å². The minimum Gasteiger partial charge on any atom is -0.497 e. The second-order valence-corrected chi connectivity index (χ2v) is 14.7. The van der Waals surface area contributed by atoms with Crippen molar-refractivity contribution in [1.82, 2.24) is 14.4 Å². The number of rotatable bonds is 9. The second kappa shape index (κ2) is 17.2. The Morgan fingerprint density at radius 2 is 1.80 bits per heavy atom. The molecule has 1 aromatic heterocycles. The summed E-state index contributed by atoms with van der Waals surface area (Å²) in [6, 6.07) is 10.6. The number of urea groups is 1. The van der Waals surface area contributed by atoms with Crippen LogP contribution in [-0.4, -0.2) is 98.5 Å². The number of nitrogens with zero attached hydrogens (tertiary/aromatic N) is 3. The highest BCUT2D eigenvalue weighted by Gasteiger charge is 2.34. The summed E-state index contributed by atoms with van der Waals surface area (Å²) in [5, 5.41) is 19.6. The zero-order valence-corrected chi connectivity index (χ0v) is 30.6. The predicted octanol–water partition coefficient (Wildman–Crippen LogP) is 5.06. The van der Waals surface area contributed by atoms with Gasteiger partial charge in [-0.15, -0.1) is 0 Å². The molecule has 0 unspecified atom stereocenters. The molecule has 4 atom stereocenters. The summed E-state index contributed by atoms with van der Waals surface area (Å²) in [4.78, 5) is 28.9. The van der Waals surface area contributed by atoms with Crippen LogP contribution in [0.1, 0.15) is 61.8 Å². The average Bonchev–Trinajstić information content (AvgIpc) is 3.44. The van der Waals surface area contributed by atoms with E-state index in [2.05, 4.69) is 15.8 Å². The molecule has 0 bridgehead atoms. The van der Waals surface area contributed by atoms with Crippen molar-refractivity contribution in [2.75, 3.05) is 51.1 Å². The van der Waals surface area contributed by atoms with Gasteiger partial charge in [0, 0.05) is 44.0 Å². The number of carbonyl (C=O) groups excluding carboxylic acids is 2. The van der Waals surface area contributed by atoms with Gasteiger partial charge in [-0.3, -0.25) is 4.79 Å². The fourth-order valence-electron chi connectivity index (χ4n) is 5.78. The molecule has 0 fully saturated rings. The molecule has 1 aliphatic rings. The van der Waals surface area contributed by atoms with Gasteiger partial charge in [0.05, 0.1) is 37.5 Å². The van der Waals surface area contributed by atoms with Crippen LogP contribution < -0.4 is 20.1 Å². The van der Waals surface area contributed by atoms with Gasteiger partial charge in [-0.2, -0.15) is 4.31 Å².